The van der Waals surface area contributed by atoms with Gasteiger partial charge in [-0.25, -0.2) is 4.39 Å². The molecular formula is C19H15F4N3O2. The molecule has 0 aliphatic heterocycles. The molecule has 0 radical (unpaired) electrons. The number of nitrogens with one attached hydrogen (secondary N) is 1. The fraction of sp³-hybridized carbons (Fsp3) is 0.263. The van der Waals surface area contributed by atoms with Gasteiger partial charge in [0.1, 0.15) is 5.82 Å². The number of fused-ring (bicyclic) bond motifs is 1. The Kier molecular flexibility index (Phi) is 4.34. The van der Waals surface area contributed by atoms with Crippen molar-refractivity contribution in [1.82, 2.24) is 9.38 Å². The lowest BCUT2D eigenvalue weighted by atomic mass is 9.89. The Morgan fingerprint density at radius 2 is 1.93 bits per heavy atom. The molecule has 0 spiro atoms. The predicted octanol–water partition coefficient (Wildman–Crippen LogP) is 3.45. The average Bonchev–Trinajstić information content (AvgIpc) is 2.64. The van der Waals surface area contributed by atoms with Crippen molar-refractivity contribution in [3.63, 3.8) is 0 Å². The molecule has 5 nitrogen and oxygen atoms in total. The van der Waals surface area contributed by atoms with Crippen LogP contribution in [0.25, 0.3) is 16.6 Å². The lowest BCUT2D eigenvalue weighted by Gasteiger charge is -2.33. The molecule has 9 heteroatoms. The maximum atomic E-state index is 14.3. The second-order valence-corrected chi connectivity index (χ2v) is 6.66. The number of halogens is 4. The molecule has 1 saturated carbocycles. The van der Waals surface area contributed by atoms with Gasteiger partial charge in [0, 0.05) is 11.8 Å². The van der Waals surface area contributed by atoms with Gasteiger partial charge in [-0.1, -0.05) is 18.2 Å². The van der Waals surface area contributed by atoms with Crippen LogP contribution in [-0.4, -0.2) is 26.6 Å². The van der Waals surface area contributed by atoms with Crippen molar-refractivity contribution >= 4 is 11.5 Å². The van der Waals surface area contributed by atoms with Crippen LogP contribution in [0.3, 0.4) is 0 Å². The van der Waals surface area contributed by atoms with E-state index in [1.54, 1.807) is 0 Å². The molecule has 1 aromatic carbocycles. The van der Waals surface area contributed by atoms with E-state index in [0.717, 1.165) is 24.4 Å². The Morgan fingerprint density at radius 3 is 2.54 bits per heavy atom. The van der Waals surface area contributed by atoms with Gasteiger partial charge < -0.3 is 10.4 Å². The number of alkyl halides is 3. The minimum atomic E-state index is -4.63. The molecule has 4 rings (SSSR count). The highest BCUT2D eigenvalue weighted by atomic mass is 19.4. The van der Waals surface area contributed by atoms with E-state index in [0.29, 0.717) is 12.8 Å². The summed E-state index contributed by atoms with van der Waals surface area (Å²) in [6.45, 7) is 0. The van der Waals surface area contributed by atoms with Crippen LogP contribution in [0.2, 0.25) is 0 Å². The maximum Gasteiger partial charge on any atom is 0.416 e. The van der Waals surface area contributed by atoms with Crippen molar-refractivity contribution in [2.75, 3.05) is 5.32 Å². The number of aromatic nitrogens is 2. The Hall–Kier alpha value is -2.94. The molecule has 1 fully saturated rings. The third-order valence-electron chi connectivity index (χ3n) is 4.88. The van der Waals surface area contributed by atoms with E-state index in [-0.39, 0.29) is 28.6 Å². The van der Waals surface area contributed by atoms with Crippen molar-refractivity contribution in [2.24, 2.45) is 0 Å². The van der Waals surface area contributed by atoms with Gasteiger partial charge in [0.25, 0.3) is 5.56 Å². The van der Waals surface area contributed by atoms with Crippen molar-refractivity contribution in [1.29, 1.82) is 0 Å². The molecule has 1 aliphatic rings. The van der Waals surface area contributed by atoms with E-state index in [1.807, 2.05) is 0 Å². The summed E-state index contributed by atoms with van der Waals surface area (Å²) in [5.41, 5.74) is -2.35. The minimum absolute atomic E-state index is 0.00226. The quantitative estimate of drug-likeness (QED) is 0.669. The number of nitrogens with zero attached hydrogens (tertiary/aromatic N) is 2. The summed E-state index contributed by atoms with van der Waals surface area (Å²) >= 11 is 0. The van der Waals surface area contributed by atoms with Crippen molar-refractivity contribution < 1.29 is 22.7 Å². The summed E-state index contributed by atoms with van der Waals surface area (Å²) in [6, 6.07) is 6.64. The van der Waals surface area contributed by atoms with E-state index in [2.05, 4.69) is 10.3 Å². The third kappa shape index (κ3) is 3.11. The molecule has 0 unspecified atom stereocenters. The normalized spacial score (nSPS) is 19.5. The first kappa shape index (κ1) is 18.4. The van der Waals surface area contributed by atoms with E-state index >= 15 is 0 Å². The predicted molar refractivity (Wildman–Crippen MR) is 94.5 cm³/mol. The second-order valence-electron chi connectivity index (χ2n) is 6.66. The molecule has 1 aliphatic carbocycles. The van der Waals surface area contributed by atoms with Gasteiger partial charge in [0.15, 0.2) is 0 Å². The molecule has 3 aromatic rings. The zero-order valence-electron chi connectivity index (χ0n) is 14.4. The fourth-order valence-corrected chi connectivity index (χ4v) is 3.20. The van der Waals surface area contributed by atoms with E-state index < -0.39 is 29.2 Å². The van der Waals surface area contributed by atoms with Crippen LogP contribution in [0, 0.1) is 5.82 Å². The topological polar surface area (TPSA) is 66.6 Å². The molecule has 28 heavy (non-hydrogen) atoms. The standard InChI is InChI=1S/C19H15F4N3O2/c20-12-4-2-1-3-11(12)16-14-9-10(19(21,22)23)7-8-26(14)18(25-17(16)28)24-13-5-6-15(13)27/h1-4,7-9,13,15,27H,5-6H2,(H,24,25,28)/t13-,15+/m1/s1. The summed E-state index contributed by atoms with van der Waals surface area (Å²) in [7, 11) is 0. The zero-order valence-corrected chi connectivity index (χ0v) is 14.4. The Balaban J connectivity index is 1.99. The Morgan fingerprint density at radius 1 is 1.18 bits per heavy atom. The van der Waals surface area contributed by atoms with Gasteiger partial charge in [-0.15, -0.1) is 0 Å². The van der Waals surface area contributed by atoms with Crippen LogP contribution in [-0.2, 0) is 6.18 Å². The summed E-state index contributed by atoms with van der Waals surface area (Å²) in [5.74, 6) is -0.742. The van der Waals surface area contributed by atoms with Crippen LogP contribution in [0.15, 0.2) is 47.4 Å². The molecule has 0 saturated heterocycles. The number of hydrogen-bond acceptors (Lipinski definition) is 4. The molecule has 2 atom stereocenters. The van der Waals surface area contributed by atoms with Gasteiger partial charge in [0.2, 0.25) is 5.95 Å². The van der Waals surface area contributed by atoms with Crippen LogP contribution in [0.1, 0.15) is 18.4 Å². The Bertz CT molecular complexity index is 1110. The summed E-state index contributed by atoms with van der Waals surface area (Å²) < 4.78 is 55.3. The third-order valence-corrected chi connectivity index (χ3v) is 4.88. The van der Waals surface area contributed by atoms with Crippen LogP contribution in [0.4, 0.5) is 23.5 Å². The van der Waals surface area contributed by atoms with Crippen LogP contribution in [0.5, 0.6) is 0 Å². The smallest absolute Gasteiger partial charge is 0.391 e. The van der Waals surface area contributed by atoms with Gasteiger partial charge in [-0.3, -0.25) is 9.20 Å². The van der Waals surface area contributed by atoms with Gasteiger partial charge >= 0.3 is 6.18 Å². The number of anilines is 1. The lowest BCUT2D eigenvalue weighted by Crippen LogP contribution is -2.43. The van der Waals surface area contributed by atoms with E-state index in [1.165, 1.54) is 22.6 Å². The van der Waals surface area contributed by atoms with E-state index in [9.17, 15) is 27.5 Å². The number of rotatable bonds is 3. The van der Waals surface area contributed by atoms with Crippen molar-refractivity contribution in [2.45, 2.75) is 31.2 Å². The monoisotopic (exact) mass is 393 g/mol. The number of aliphatic hydroxyl groups is 1. The lowest BCUT2D eigenvalue weighted by molar-refractivity contribution is -0.137. The molecule has 0 amide bonds. The minimum Gasteiger partial charge on any atom is -0.391 e. The highest BCUT2D eigenvalue weighted by Gasteiger charge is 2.33. The molecule has 2 N–H and O–H groups in total. The Labute approximate surface area is 156 Å². The molecule has 146 valence electrons. The molecule has 0 bridgehead atoms. The second kappa shape index (κ2) is 6.59. The first-order valence-electron chi connectivity index (χ1n) is 8.59. The van der Waals surface area contributed by atoms with Crippen molar-refractivity contribution in [3.8, 4) is 11.1 Å². The van der Waals surface area contributed by atoms with Crippen molar-refractivity contribution in [3.05, 3.63) is 64.3 Å². The summed E-state index contributed by atoms with van der Waals surface area (Å²) in [5, 5.41) is 12.6. The highest BCUT2D eigenvalue weighted by molar-refractivity contribution is 5.81. The number of hydrogen-bond donors (Lipinski definition) is 2. The van der Waals surface area contributed by atoms with Gasteiger partial charge in [-0.2, -0.15) is 18.2 Å². The molecule has 2 heterocycles. The molecule has 2 aromatic heterocycles. The fourth-order valence-electron chi connectivity index (χ4n) is 3.20. The number of benzene rings is 1. The van der Waals surface area contributed by atoms with Gasteiger partial charge in [0.05, 0.1) is 28.8 Å². The largest absolute Gasteiger partial charge is 0.416 e. The first-order chi connectivity index (χ1) is 13.3. The first-order valence-corrected chi connectivity index (χ1v) is 8.59. The van der Waals surface area contributed by atoms with E-state index in [4.69, 9.17) is 0 Å². The van der Waals surface area contributed by atoms with Crippen LogP contribution < -0.4 is 10.9 Å². The SMILES string of the molecule is O=c1nc(N[C@@H]2CC[C@@H]2O)n2ccc(C(F)(F)F)cc2c1-c1ccccc1F. The molecular weight excluding hydrogens is 378 g/mol. The van der Waals surface area contributed by atoms with Crippen LogP contribution >= 0.6 is 0 Å². The number of pyridine rings is 1. The average molecular weight is 393 g/mol. The maximum absolute atomic E-state index is 14.3. The number of aliphatic hydroxyl groups excluding tert-OH is 1. The summed E-state index contributed by atoms with van der Waals surface area (Å²) in [6.07, 6.45) is -2.92. The van der Waals surface area contributed by atoms with Gasteiger partial charge in [-0.05, 0) is 31.0 Å². The zero-order chi connectivity index (χ0) is 20.1. The summed E-state index contributed by atoms with van der Waals surface area (Å²) in [4.78, 5) is 16.6. The highest BCUT2D eigenvalue weighted by Crippen LogP contribution is 2.33.